The molecule has 3 aromatic rings. The Kier molecular flexibility index (Phi) is 5.48. The minimum absolute atomic E-state index is 0.0719. The van der Waals surface area contributed by atoms with E-state index < -0.39 is 10.0 Å². The molecule has 0 bridgehead atoms. The van der Waals surface area contributed by atoms with Gasteiger partial charge >= 0.3 is 0 Å². The summed E-state index contributed by atoms with van der Waals surface area (Å²) in [6.07, 6.45) is 0.707. The molecule has 2 heterocycles. The van der Waals surface area contributed by atoms with Gasteiger partial charge in [0.2, 0.25) is 0 Å². The Morgan fingerprint density at radius 3 is 2.63 bits per heavy atom. The lowest BCUT2D eigenvalue weighted by molar-refractivity contribution is 0.0297. The van der Waals surface area contributed by atoms with Crippen LogP contribution in [0.2, 0.25) is 0 Å². The number of hydrogen-bond donors (Lipinski definition) is 0. The molecule has 1 aromatic heterocycles. The van der Waals surface area contributed by atoms with Gasteiger partial charge in [0.25, 0.3) is 15.9 Å². The van der Waals surface area contributed by atoms with Crippen molar-refractivity contribution >= 4 is 32.6 Å². The first-order valence-electron chi connectivity index (χ1n) is 9.76. The minimum atomic E-state index is -3.84. The lowest BCUT2D eigenvalue weighted by Gasteiger charge is -2.26. The van der Waals surface area contributed by atoms with Gasteiger partial charge in [-0.05, 0) is 36.2 Å². The predicted molar refractivity (Wildman–Crippen MR) is 112 cm³/mol. The first-order valence-corrected chi connectivity index (χ1v) is 11.2. The molecule has 0 unspecified atom stereocenters. The summed E-state index contributed by atoms with van der Waals surface area (Å²) in [5.41, 5.74) is 2.02. The molecule has 0 N–H and O–H groups in total. The Morgan fingerprint density at radius 2 is 1.90 bits per heavy atom. The van der Waals surface area contributed by atoms with E-state index in [4.69, 9.17) is 9.26 Å². The zero-order valence-electron chi connectivity index (χ0n) is 16.9. The minimum Gasteiger partial charge on any atom is -0.378 e. The van der Waals surface area contributed by atoms with Gasteiger partial charge in [-0.15, -0.1) is 0 Å². The van der Waals surface area contributed by atoms with Crippen LogP contribution in [-0.2, 0) is 21.2 Å². The van der Waals surface area contributed by atoms with Crippen LogP contribution in [0.1, 0.15) is 23.0 Å². The van der Waals surface area contributed by atoms with E-state index in [0.717, 1.165) is 5.56 Å². The Morgan fingerprint density at radius 1 is 1.17 bits per heavy atom. The number of aromatic nitrogens is 1. The molecule has 1 fully saturated rings. The highest BCUT2D eigenvalue weighted by molar-refractivity contribution is 7.92. The summed E-state index contributed by atoms with van der Waals surface area (Å²) in [4.78, 5) is 14.6. The number of morpholine rings is 1. The van der Waals surface area contributed by atoms with Crippen molar-refractivity contribution < 1.29 is 22.5 Å². The molecule has 0 atom stereocenters. The van der Waals surface area contributed by atoms with Crippen molar-refractivity contribution in [3.8, 4) is 0 Å². The number of hydrogen-bond acceptors (Lipinski definition) is 6. The number of amides is 1. The third-order valence-electron chi connectivity index (χ3n) is 5.31. The molecule has 0 saturated carbocycles. The van der Waals surface area contributed by atoms with E-state index in [0.29, 0.717) is 49.4 Å². The maximum atomic E-state index is 13.3. The van der Waals surface area contributed by atoms with Crippen molar-refractivity contribution in [2.75, 3.05) is 37.7 Å². The Bertz CT molecular complexity index is 1180. The van der Waals surface area contributed by atoms with E-state index in [1.54, 1.807) is 11.0 Å². The van der Waals surface area contributed by atoms with Crippen LogP contribution < -0.4 is 4.31 Å². The van der Waals surface area contributed by atoms with E-state index in [1.165, 1.54) is 29.6 Å². The summed E-state index contributed by atoms with van der Waals surface area (Å²) < 4.78 is 38.4. The number of ether oxygens (including phenoxy) is 1. The van der Waals surface area contributed by atoms with Crippen LogP contribution in [0.4, 0.5) is 5.69 Å². The van der Waals surface area contributed by atoms with Gasteiger partial charge in [-0.3, -0.25) is 9.10 Å². The molecule has 158 valence electrons. The Balaban J connectivity index is 1.73. The maximum absolute atomic E-state index is 13.3. The van der Waals surface area contributed by atoms with Gasteiger partial charge in [-0.2, -0.15) is 0 Å². The van der Waals surface area contributed by atoms with Gasteiger partial charge < -0.3 is 14.2 Å². The van der Waals surface area contributed by atoms with Crippen molar-refractivity contribution in [2.24, 2.45) is 0 Å². The van der Waals surface area contributed by atoms with E-state index >= 15 is 0 Å². The molecule has 0 spiro atoms. The number of anilines is 1. The highest BCUT2D eigenvalue weighted by Gasteiger charge is 2.27. The molecule has 1 aliphatic rings. The number of para-hydroxylation sites is 1. The van der Waals surface area contributed by atoms with Gasteiger partial charge in [0, 0.05) is 20.1 Å². The molecule has 4 rings (SSSR count). The molecule has 0 aliphatic carbocycles. The number of benzene rings is 2. The van der Waals surface area contributed by atoms with E-state index in [9.17, 15) is 13.2 Å². The van der Waals surface area contributed by atoms with Gasteiger partial charge in [0.15, 0.2) is 11.3 Å². The third kappa shape index (κ3) is 3.54. The first kappa shape index (κ1) is 20.4. The zero-order chi connectivity index (χ0) is 21.3. The second kappa shape index (κ2) is 8.08. The second-order valence-corrected chi connectivity index (χ2v) is 9.02. The number of rotatable bonds is 5. The molecule has 0 radical (unpaired) electrons. The smallest absolute Gasteiger partial charge is 0.276 e. The summed E-state index contributed by atoms with van der Waals surface area (Å²) in [7, 11) is -2.31. The summed E-state index contributed by atoms with van der Waals surface area (Å²) in [5.74, 6) is -0.295. The fraction of sp³-hybridized carbons (Fsp3) is 0.333. The maximum Gasteiger partial charge on any atom is 0.276 e. The van der Waals surface area contributed by atoms with Gasteiger partial charge in [0.05, 0.1) is 29.2 Å². The quantitative estimate of drug-likeness (QED) is 0.619. The average molecular weight is 429 g/mol. The zero-order valence-corrected chi connectivity index (χ0v) is 17.7. The van der Waals surface area contributed by atoms with Crippen molar-refractivity contribution in [3.05, 3.63) is 53.7 Å². The van der Waals surface area contributed by atoms with Crippen molar-refractivity contribution in [1.29, 1.82) is 0 Å². The predicted octanol–water partition coefficient (Wildman–Crippen LogP) is 2.69. The molecular formula is C21H23N3O5S. The number of sulfonamides is 1. The van der Waals surface area contributed by atoms with Gasteiger partial charge in [-0.1, -0.05) is 30.3 Å². The van der Waals surface area contributed by atoms with Crippen LogP contribution in [0.3, 0.4) is 0 Å². The number of fused-ring (bicyclic) bond motifs is 1. The molecule has 1 saturated heterocycles. The number of nitrogens with zero attached hydrogens (tertiary/aromatic N) is 3. The summed E-state index contributed by atoms with van der Waals surface area (Å²) >= 11 is 0. The molecule has 1 aliphatic heterocycles. The number of aryl methyl sites for hydroxylation is 1. The molecule has 30 heavy (non-hydrogen) atoms. The molecule has 2 aromatic carbocycles. The fourth-order valence-electron chi connectivity index (χ4n) is 3.55. The van der Waals surface area contributed by atoms with Crippen LogP contribution in [0.15, 0.2) is 51.9 Å². The largest absolute Gasteiger partial charge is 0.378 e. The highest BCUT2D eigenvalue weighted by atomic mass is 32.2. The normalized spacial score (nSPS) is 14.8. The standard InChI is InChI=1S/C21H23N3O5S/c1-3-15-6-4-5-7-18(15)23(2)30(26,27)16-8-9-19-17(14-16)20(22-29-19)21(25)24-10-12-28-13-11-24/h4-9,14H,3,10-13H2,1-2H3. The fourth-order valence-corrected chi connectivity index (χ4v) is 4.81. The van der Waals surface area contributed by atoms with E-state index in [1.807, 2.05) is 25.1 Å². The number of carbonyl (C=O) groups is 1. The van der Waals surface area contributed by atoms with Crippen molar-refractivity contribution in [2.45, 2.75) is 18.2 Å². The SMILES string of the molecule is CCc1ccccc1N(C)S(=O)(=O)c1ccc2onc(C(=O)N3CCOCC3)c2c1. The topological polar surface area (TPSA) is 93.0 Å². The number of carbonyl (C=O) groups excluding carboxylic acids is 1. The molecule has 9 heteroatoms. The van der Waals surface area contributed by atoms with Crippen LogP contribution in [-0.4, -0.2) is 57.7 Å². The van der Waals surface area contributed by atoms with Gasteiger partial charge in [0.1, 0.15) is 0 Å². The van der Waals surface area contributed by atoms with Gasteiger partial charge in [-0.25, -0.2) is 8.42 Å². The summed E-state index contributed by atoms with van der Waals surface area (Å²) in [6, 6.07) is 11.8. The second-order valence-electron chi connectivity index (χ2n) is 7.05. The lowest BCUT2D eigenvalue weighted by Crippen LogP contribution is -2.40. The summed E-state index contributed by atoms with van der Waals surface area (Å²) in [5, 5.41) is 4.29. The average Bonchev–Trinajstić information content (AvgIpc) is 3.22. The van der Waals surface area contributed by atoms with Crippen LogP contribution >= 0.6 is 0 Å². The van der Waals surface area contributed by atoms with Crippen molar-refractivity contribution in [1.82, 2.24) is 10.1 Å². The first-order chi connectivity index (χ1) is 14.4. The van der Waals surface area contributed by atoms with Crippen molar-refractivity contribution in [3.63, 3.8) is 0 Å². The Hall–Kier alpha value is -2.91. The van der Waals surface area contributed by atoms with Crippen LogP contribution in [0.5, 0.6) is 0 Å². The highest BCUT2D eigenvalue weighted by Crippen LogP contribution is 2.29. The van der Waals surface area contributed by atoms with E-state index in [2.05, 4.69) is 5.16 Å². The lowest BCUT2D eigenvalue weighted by atomic mass is 10.1. The van der Waals surface area contributed by atoms with Crippen LogP contribution in [0, 0.1) is 0 Å². The van der Waals surface area contributed by atoms with E-state index in [-0.39, 0.29) is 16.5 Å². The molecule has 1 amide bonds. The summed E-state index contributed by atoms with van der Waals surface area (Å²) in [6.45, 7) is 3.82. The molecule has 8 nitrogen and oxygen atoms in total. The van der Waals surface area contributed by atoms with Crippen LogP contribution in [0.25, 0.3) is 11.0 Å². The molecular weight excluding hydrogens is 406 g/mol. The Labute approximate surface area is 175 Å². The monoisotopic (exact) mass is 429 g/mol. The third-order valence-corrected chi connectivity index (χ3v) is 7.08.